The molecule has 1 aromatic carbocycles. The Labute approximate surface area is 145 Å². The van der Waals surface area contributed by atoms with Gasteiger partial charge in [-0.1, -0.05) is 5.16 Å². The summed E-state index contributed by atoms with van der Waals surface area (Å²) >= 11 is 0. The number of nitrogens with zero attached hydrogens (tertiary/aromatic N) is 2. The zero-order valence-corrected chi connectivity index (χ0v) is 14.0. The number of rotatable bonds is 5. The minimum absolute atomic E-state index is 0.0518. The second-order valence-electron chi connectivity index (χ2n) is 6.09. The number of hydrogen-bond acceptors (Lipinski definition) is 6. The Bertz CT molecular complexity index is 745. The normalized spacial score (nSPS) is 15.3. The van der Waals surface area contributed by atoms with E-state index in [4.69, 9.17) is 9.26 Å². The summed E-state index contributed by atoms with van der Waals surface area (Å²) in [7, 11) is 1.54. The molecule has 0 bridgehead atoms. The summed E-state index contributed by atoms with van der Waals surface area (Å²) in [4.78, 5) is 26.6. The van der Waals surface area contributed by atoms with Crippen LogP contribution in [-0.4, -0.2) is 47.1 Å². The van der Waals surface area contributed by atoms with Crippen molar-refractivity contribution in [1.82, 2.24) is 10.1 Å². The van der Waals surface area contributed by atoms with Gasteiger partial charge in [-0.3, -0.25) is 9.59 Å². The summed E-state index contributed by atoms with van der Waals surface area (Å²) in [5, 5.41) is 13.1. The average Bonchev–Trinajstić information content (AvgIpc) is 3.10. The SMILES string of the molecule is COCc1cc(C(=O)N2CCC(C(=O)c3ccc(O)cc3)CC2)no1. The first kappa shape index (κ1) is 17.2. The third-order valence-electron chi connectivity index (χ3n) is 4.37. The molecule has 2 heterocycles. The quantitative estimate of drug-likeness (QED) is 0.837. The molecule has 1 aliphatic rings. The number of methoxy groups -OCH3 is 1. The van der Waals surface area contributed by atoms with Gasteiger partial charge in [0.2, 0.25) is 0 Å². The van der Waals surface area contributed by atoms with Gasteiger partial charge in [0.25, 0.3) is 5.91 Å². The first-order valence-corrected chi connectivity index (χ1v) is 8.15. The lowest BCUT2D eigenvalue weighted by Crippen LogP contribution is -2.40. The van der Waals surface area contributed by atoms with Crippen molar-refractivity contribution < 1.29 is 24.0 Å². The fourth-order valence-electron chi connectivity index (χ4n) is 2.99. The number of aromatic hydroxyl groups is 1. The van der Waals surface area contributed by atoms with E-state index in [-0.39, 0.29) is 35.7 Å². The Morgan fingerprint density at radius 2 is 1.96 bits per heavy atom. The summed E-state index contributed by atoms with van der Waals surface area (Å²) in [6.07, 6.45) is 1.21. The number of ether oxygens (including phenoxy) is 1. The fraction of sp³-hybridized carbons (Fsp3) is 0.389. The van der Waals surface area contributed by atoms with Gasteiger partial charge in [0.05, 0.1) is 0 Å². The van der Waals surface area contributed by atoms with Crippen molar-refractivity contribution in [2.24, 2.45) is 5.92 Å². The van der Waals surface area contributed by atoms with Gasteiger partial charge in [0, 0.05) is 37.7 Å². The number of Topliss-reactive ketones (excluding diaryl/α,β-unsaturated/α-hetero) is 1. The predicted molar refractivity (Wildman–Crippen MR) is 88.3 cm³/mol. The number of phenols is 1. The minimum atomic E-state index is -0.193. The van der Waals surface area contributed by atoms with E-state index in [2.05, 4.69) is 5.16 Å². The molecule has 0 saturated carbocycles. The van der Waals surface area contributed by atoms with Crippen LogP contribution in [0.25, 0.3) is 0 Å². The molecule has 1 aliphatic heterocycles. The molecule has 1 fully saturated rings. The molecule has 3 rings (SSSR count). The second kappa shape index (κ2) is 7.48. The van der Waals surface area contributed by atoms with Gasteiger partial charge < -0.3 is 19.3 Å². The van der Waals surface area contributed by atoms with E-state index in [0.717, 1.165) is 0 Å². The highest BCUT2D eigenvalue weighted by Gasteiger charge is 2.29. The third-order valence-corrected chi connectivity index (χ3v) is 4.37. The topological polar surface area (TPSA) is 92.9 Å². The van der Waals surface area contributed by atoms with Crippen LogP contribution in [0.1, 0.15) is 39.4 Å². The summed E-state index contributed by atoms with van der Waals surface area (Å²) < 4.78 is 9.99. The number of amides is 1. The standard InChI is InChI=1S/C18H20N2O5/c1-24-11-15-10-16(19-25-15)18(23)20-8-6-13(7-9-20)17(22)12-2-4-14(21)5-3-12/h2-5,10,13,21H,6-9,11H2,1H3. The van der Waals surface area contributed by atoms with Crippen molar-refractivity contribution in [3.8, 4) is 5.75 Å². The Hall–Kier alpha value is -2.67. The maximum Gasteiger partial charge on any atom is 0.276 e. The maximum atomic E-state index is 12.5. The highest BCUT2D eigenvalue weighted by molar-refractivity contribution is 5.98. The number of aromatic nitrogens is 1. The molecule has 0 radical (unpaired) electrons. The van der Waals surface area contributed by atoms with Gasteiger partial charge in [-0.15, -0.1) is 0 Å². The van der Waals surface area contributed by atoms with Gasteiger partial charge >= 0.3 is 0 Å². The lowest BCUT2D eigenvalue weighted by atomic mass is 9.89. The van der Waals surface area contributed by atoms with Gasteiger partial charge in [0.1, 0.15) is 12.4 Å². The number of piperidine rings is 1. The van der Waals surface area contributed by atoms with Crippen LogP contribution in [0.5, 0.6) is 5.75 Å². The third kappa shape index (κ3) is 3.88. The number of benzene rings is 1. The molecule has 1 aromatic heterocycles. The van der Waals surface area contributed by atoms with Crippen molar-refractivity contribution in [2.45, 2.75) is 19.4 Å². The minimum Gasteiger partial charge on any atom is -0.508 e. The number of phenolic OH excluding ortho intramolecular Hbond substituents is 1. The molecule has 1 saturated heterocycles. The van der Waals surface area contributed by atoms with Crippen molar-refractivity contribution >= 4 is 11.7 Å². The molecule has 0 spiro atoms. The molecular weight excluding hydrogens is 324 g/mol. The van der Waals surface area contributed by atoms with Crippen molar-refractivity contribution in [3.63, 3.8) is 0 Å². The molecule has 2 aromatic rings. The zero-order chi connectivity index (χ0) is 17.8. The Kier molecular flexibility index (Phi) is 5.14. The van der Waals surface area contributed by atoms with Crippen LogP contribution in [0.2, 0.25) is 0 Å². The molecule has 7 heteroatoms. The largest absolute Gasteiger partial charge is 0.508 e. The lowest BCUT2D eigenvalue weighted by molar-refractivity contribution is 0.0641. The number of hydrogen-bond donors (Lipinski definition) is 1. The van der Waals surface area contributed by atoms with Gasteiger partial charge in [-0.25, -0.2) is 0 Å². The molecule has 0 unspecified atom stereocenters. The van der Waals surface area contributed by atoms with Crippen LogP contribution in [0.4, 0.5) is 0 Å². The predicted octanol–water partition coefficient (Wildman–Crippen LogP) is 2.26. The van der Waals surface area contributed by atoms with Crippen molar-refractivity contribution in [1.29, 1.82) is 0 Å². The van der Waals surface area contributed by atoms with E-state index in [9.17, 15) is 14.7 Å². The van der Waals surface area contributed by atoms with Crippen molar-refractivity contribution in [3.05, 3.63) is 47.3 Å². The van der Waals surface area contributed by atoms with E-state index < -0.39 is 0 Å². The number of carbonyl (C=O) groups excluding carboxylic acids is 2. The Morgan fingerprint density at radius 3 is 2.60 bits per heavy atom. The molecule has 1 N–H and O–H groups in total. The Balaban J connectivity index is 1.58. The van der Waals surface area contributed by atoms with E-state index in [1.807, 2.05) is 0 Å². The zero-order valence-electron chi connectivity index (χ0n) is 14.0. The van der Waals surface area contributed by atoms with E-state index in [1.165, 1.54) is 12.1 Å². The summed E-state index contributed by atoms with van der Waals surface area (Å²) in [6.45, 7) is 1.27. The molecule has 0 atom stereocenters. The monoisotopic (exact) mass is 344 g/mol. The Morgan fingerprint density at radius 1 is 1.28 bits per heavy atom. The number of carbonyl (C=O) groups is 2. The number of likely N-dealkylation sites (tertiary alicyclic amines) is 1. The van der Waals surface area contributed by atoms with Crippen molar-refractivity contribution in [2.75, 3.05) is 20.2 Å². The molecular formula is C18H20N2O5. The van der Waals surface area contributed by atoms with Crippen LogP contribution in [0.3, 0.4) is 0 Å². The van der Waals surface area contributed by atoms with Crippen LogP contribution in [0, 0.1) is 5.92 Å². The summed E-state index contributed by atoms with van der Waals surface area (Å²) in [5.41, 5.74) is 0.846. The first-order valence-electron chi connectivity index (χ1n) is 8.15. The van der Waals surface area contributed by atoms with Crippen LogP contribution in [-0.2, 0) is 11.3 Å². The highest BCUT2D eigenvalue weighted by atomic mass is 16.5. The molecule has 0 aliphatic carbocycles. The smallest absolute Gasteiger partial charge is 0.276 e. The molecule has 1 amide bonds. The van der Waals surface area contributed by atoms with Crippen LogP contribution < -0.4 is 0 Å². The molecule has 7 nitrogen and oxygen atoms in total. The second-order valence-corrected chi connectivity index (χ2v) is 6.09. The lowest BCUT2D eigenvalue weighted by Gasteiger charge is -2.30. The van der Waals surface area contributed by atoms with Gasteiger partial charge in [-0.2, -0.15) is 0 Å². The first-order chi connectivity index (χ1) is 12.1. The highest BCUT2D eigenvalue weighted by Crippen LogP contribution is 2.24. The number of ketones is 1. The van der Waals surface area contributed by atoms with Crippen LogP contribution >= 0.6 is 0 Å². The molecule has 132 valence electrons. The van der Waals surface area contributed by atoms with E-state index in [1.54, 1.807) is 30.2 Å². The van der Waals surface area contributed by atoms with Crippen LogP contribution in [0.15, 0.2) is 34.9 Å². The van der Waals surface area contributed by atoms with E-state index >= 15 is 0 Å². The molecule has 25 heavy (non-hydrogen) atoms. The van der Waals surface area contributed by atoms with E-state index in [0.29, 0.717) is 37.3 Å². The average molecular weight is 344 g/mol. The van der Waals surface area contributed by atoms with Gasteiger partial charge in [0.15, 0.2) is 17.2 Å². The summed E-state index contributed by atoms with van der Waals surface area (Å²) in [5.74, 6) is 0.383. The maximum absolute atomic E-state index is 12.5. The fourth-order valence-corrected chi connectivity index (χ4v) is 2.99. The van der Waals surface area contributed by atoms with Gasteiger partial charge in [-0.05, 0) is 37.1 Å². The summed E-state index contributed by atoms with van der Waals surface area (Å²) in [6, 6.07) is 7.85.